The van der Waals surface area contributed by atoms with E-state index in [4.69, 9.17) is 0 Å². The maximum absolute atomic E-state index is 12.9. The molecule has 0 spiro atoms. The first-order valence-corrected chi connectivity index (χ1v) is 12.1. The lowest BCUT2D eigenvalue weighted by Crippen LogP contribution is -2.44. The van der Waals surface area contributed by atoms with Crippen molar-refractivity contribution in [1.29, 1.82) is 0 Å². The number of benzene rings is 2. The van der Waals surface area contributed by atoms with Gasteiger partial charge in [-0.25, -0.2) is 8.42 Å². The van der Waals surface area contributed by atoms with Crippen LogP contribution in [0.15, 0.2) is 47.4 Å². The second kappa shape index (κ2) is 10.1. The Morgan fingerprint density at radius 1 is 1.14 bits per heavy atom. The average molecular weight is 421 g/mol. The Hall–Kier alpha value is -1.83. The molecule has 0 saturated heterocycles. The van der Waals surface area contributed by atoms with Gasteiger partial charge in [-0.3, -0.25) is 4.79 Å². The Bertz CT molecular complexity index is 927. The van der Waals surface area contributed by atoms with Gasteiger partial charge < -0.3 is 5.32 Å². The van der Waals surface area contributed by atoms with Gasteiger partial charge in [0.1, 0.15) is 6.04 Å². The summed E-state index contributed by atoms with van der Waals surface area (Å²) in [6.07, 6.45) is 3.20. The predicted molar refractivity (Wildman–Crippen MR) is 117 cm³/mol. The fourth-order valence-electron chi connectivity index (χ4n) is 2.83. The quantitative estimate of drug-likeness (QED) is 0.645. The van der Waals surface area contributed by atoms with Crippen molar-refractivity contribution in [1.82, 2.24) is 4.72 Å². The molecule has 5 nitrogen and oxygen atoms in total. The highest BCUT2D eigenvalue weighted by Crippen LogP contribution is 2.18. The second-order valence-corrected chi connectivity index (χ2v) is 9.44. The van der Waals surface area contributed by atoms with Gasteiger partial charge >= 0.3 is 0 Å². The number of anilines is 1. The summed E-state index contributed by atoms with van der Waals surface area (Å²) >= 11 is 1.57. The summed E-state index contributed by atoms with van der Waals surface area (Å²) in [6, 6.07) is 12.0. The van der Waals surface area contributed by atoms with Gasteiger partial charge in [-0.05, 0) is 73.6 Å². The molecule has 1 unspecified atom stereocenters. The summed E-state index contributed by atoms with van der Waals surface area (Å²) in [6.45, 7) is 5.64. The second-order valence-electron chi connectivity index (χ2n) is 6.77. The van der Waals surface area contributed by atoms with Crippen molar-refractivity contribution in [3.63, 3.8) is 0 Å². The van der Waals surface area contributed by atoms with Crippen molar-refractivity contribution in [2.75, 3.05) is 17.3 Å². The van der Waals surface area contributed by atoms with Gasteiger partial charge in [-0.15, -0.1) is 0 Å². The Kier molecular flexibility index (Phi) is 8.10. The van der Waals surface area contributed by atoms with Crippen molar-refractivity contribution >= 4 is 33.4 Å². The number of sulfonamides is 1. The van der Waals surface area contributed by atoms with E-state index in [9.17, 15) is 13.2 Å². The molecule has 0 aliphatic carbocycles. The van der Waals surface area contributed by atoms with Crippen LogP contribution in [-0.4, -0.2) is 32.4 Å². The van der Waals surface area contributed by atoms with E-state index in [-0.39, 0.29) is 10.8 Å². The molecule has 0 aliphatic rings. The van der Waals surface area contributed by atoms with E-state index in [1.54, 1.807) is 30.8 Å². The van der Waals surface area contributed by atoms with Crippen LogP contribution in [0.2, 0.25) is 0 Å². The molecule has 1 amide bonds. The molecular weight excluding hydrogens is 392 g/mol. The van der Waals surface area contributed by atoms with Crippen LogP contribution >= 0.6 is 11.8 Å². The van der Waals surface area contributed by atoms with Crippen LogP contribution < -0.4 is 10.0 Å². The molecule has 0 heterocycles. The number of amides is 1. The standard InChI is InChI=1S/C21H28N2O3S2/c1-5-17-7-6-8-18(14-17)22-21(24)19(11-12-27-4)23-28(25,26)20-13-15(2)9-10-16(20)3/h6-10,13-14,19,23H,5,11-12H2,1-4H3,(H,22,24). The monoisotopic (exact) mass is 420 g/mol. The molecule has 28 heavy (non-hydrogen) atoms. The molecule has 0 radical (unpaired) electrons. The number of thioether (sulfide) groups is 1. The number of carbonyl (C=O) groups excluding carboxylic acids is 1. The van der Waals surface area contributed by atoms with Gasteiger partial charge in [0.25, 0.3) is 0 Å². The zero-order chi connectivity index (χ0) is 20.7. The molecule has 152 valence electrons. The predicted octanol–water partition coefficient (Wildman–Crippen LogP) is 3.90. The molecule has 0 aliphatic heterocycles. The van der Waals surface area contributed by atoms with Crippen LogP contribution in [0.1, 0.15) is 30.0 Å². The number of hydrogen-bond donors (Lipinski definition) is 2. The van der Waals surface area contributed by atoms with E-state index in [1.165, 1.54) is 0 Å². The number of carbonyl (C=O) groups is 1. The minimum absolute atomic E-state index is 0.211. The SMILES string of the molecule is CCc1cccc(NC(=O)C(CCSC)NS(=O)(=O)c2cc(C)ccc2C)c1. The third kappa shape index (κ3) is 6.09. The van der Waals surface area contributed by atoms with E-state index >= 15 is 0 Å². The number of aryl methyl sites for hydroxylation is 3. The van der Waals surface area contributed by atoms with Crippen LogP contribution in [0, 0.1) is 13.8 Å². The maximum Gasteiger partial charge on any atom is 0.242 e. The minimum atomic E-state index is -3.81. The van der Waals surface area contributed by atoms with Crippen molar-refractivity contribution in [2.24, 2.45) is 0 Å². The number of hydrogen-bond acceptors (Lipinski definition) is 4. The summed E-state index contributed by atoms with van der Waals surface area (Å²) < 4.78 is 28.5. The summed E-state index contributed by atoms with van der Waals surface area (Å²) in [5.74, 6) is 0.318. The largest absolute Gasteiger partial charge is 0.325 e. The first kappa shape index (κ1) is 22.5. The van der Waals surface area contributed by atoms with Gasteiger partial charge in [0.15, 0.2) is 0 Å². The summed E-state index contributed by atoms with van der Waals surface area (Å²) in [4.78, 5) is 13.0. The Morgan fingerprint density at radius 3 is 2.57 bits per heavy atom. The lowest BCUT2D eigenvalue weighted by molar-refractivity contribution is -0.117. The van der Waals surface area contributed by atoms with Gasteiger partial charge in [-0.1, -0.05) is 31.2 Å². The molecule has 1 atom stereocenters. The van der Waals surface area contributed by atoms with E-state index in [0.717, 1.165) is 17.5 Å². The van der Waals surface area contributed by atoms with E-state index in [2.05, 4.69) is 10.0 Å². The van der Waals surface area contributed by atoms with Crippen LogP contribution in [0.5, 0.6) is 0 Å². The average Bonchev–Trinajstić information content (AvgIpc) is 2.66. The normalized spacial score (nSPS) is 12.6. The molecule has 2 aromatic rings. The highest BCUT2D eigenvalue weighted by atomic mass is 32.2. The molecule has 2 rings (SSSR count). The zero-order valence-electron chi connectivity index (χ0n) is 16.8. The molecule has 2 N–H and O–H groups in total. The van der Waals surface area contributed by atoms with Gasteiger partial charge in [0, 0.05) is 5.69 Å². The molecule has 0 saturated carbocycles. The first-order chi connectivity index (χ1) is 13.3. The van der Waals surface area contributed by atoms with Gasteiger partial charge in [0.2, 0.25) is 15.9 Å². The summed E-state index contributed by atoms with van der Waals surface area (Å²) in [5.41, 5.74) is 3.28. The van der Waals surface area contributed by atoms with Crippen molar-refractivity contribution in [3.05, 3.63) is 59.2 Å². The van der Waals surface area contributed by atoms with E-state index in [1.807, 2.05) is 50.4 Å². The number of rotatable bonds is 9. The lowest BCUT2D eigenvalue weighted by atomic mass is 10.1. The van der Waals surface area contributed by atoms with Gasteiger partial charge in [0.05, 0.1) is 4.90 Å². The van der Waals surface area contributed by atoms with Crippen LogP contribution in [-0.2, 0) is 21.2 Å². The third-order valence-corrected chi connectivity index (χ3v) is 6.72. The Labute approximate surface area is 172 Å². The lowest BCUT2D eigenvalue weighted by Gasteiger charge is -2.19. The fraction of sp³-hybridized carbons (Fsp3) is 0.381. The fourth-order valence-corrected chi connectivity index (χ4v) is 4.86. The zero-order valence-corrected chi connectivity index (χ0v) is 18.4. The first-order valence-electron chi connectivity index (χ1n) is 9.25. The minimum Gasteiger partial charge on any atom is -0.325 e. The summed E-state index contributed by atoms with van der Waals surface area (Å²) in [7, 11) is -3.81. The van der Waals surface area contributed by atoms with Crippen LogP contribution in [0.3, 0.4) is 0 Å². The number of nitrogens with one attached hydrogen (secondary N) is 2. The van der Waals surface area contributed by atoms with E-state index < -0.39 is 16.1 Å². The highest BCUT2D eigenvalue weighted by molar-refractivity contribution is 7.98. The summed E-state index contributed by atoms with van der Waals surface area (Å²) in [5, 5.41) is 2.85. The molecule has 7 heteroatoms. The van der Waals surface area contributed by atoms with Crippen LogP contribution in [0.4, 0.5) is 5.69 Å². The Balaban J connectivity index is 2.24. The third-order valence-electron chi connectivity index (χ3n) is 4.46. The van der Waals surface area contributed by atoms with Crippen molar-refractivity contribution in [2.45, 2.75) is 44.6 Å². The molecule has 0 bridgehead atoms. The molecule has 0 fully saturated rings. The maximum atomic E-state index is 12.9. The molecule has 2 aromatic carbocycles. The van der Waals surface area contributed by atoms with E-state index in [0.29, 0.717) is 23.4 Å². The topological polar surface area (TPSA) is 75.3 Å². The van der Waals surface area contributed by atoms with Crippen molar-refractivity contribution in [3.8, 4) is 0 Å². The van der Waals surface area contributed by atoms with Gasteiger partial charge in [-0.2, -0.15) is 16.5 Å². The Morgan fingerprint density at radius 2 is 1.89 bits per heavy atom. The smallest absolute Gasteiger partial charge is 0.242 e. The molecule has 0 aromatic heterocycles. The van der Waals surface area contributed by atoms with Crippen molar-refractivity contribution < 1.29 is 13.2 Å². The van der Waals surface area contributed by atoms with Crippen LogP contribution in [0.25, 0.3) is 0 Å². The molecular formula is C21H28N2O3S2. The highest BCUT2D eigenvalue weighted by Gasteiger charge is 2.26.